The number of benzene rings is 1. The Labute approximate surface area is 115 Å². The fraction of sp³-hybridized carbons (Fsp3) is 0.154. The lowest BCUT2D eigenvalue weighted by Crippen LogP contribution is -2.08. The van der Waals surface area contributed by atoms with Crippen molar-refractivity contribution in [2.75, 3.05) is 17.6 Å². The number of hydrogen-bond acceptors (Lipinski definition) is 6. The molecule has 0 bridgehead atoms. The summed E-state index contributed by atoms with van der Waals surface area (Å²) in [6.45, 7) is 0.516. The number of anilines is 3. The van der Waals surface area contributed by atoms with Crippen molar-refractivity contribution in [1.29, 1.82) is 0 Å². The predicted octanol–water partition coefficient (Wildman–Crippen LogP) is 0.951. The molecule has 0 spiro atoms. The Morgan fingerprint density at radius 3 is 2.70 bits per heavy atom. The molecule has 3 aromatic rings. The monoisotopic (exact) mass is 269 g/mol. The molecule has 3 rings (SSSR count). The molecule has 2 heterocycles. The van der Waals surface area contributed by atoms with Gasteiger partial charge >= 0.3 is 0 Å². The molecule has 0 aliphatic heterocycles. The third kappa shape index (κ3) is 2.39. The van der Waals surface area contributed by atoms with Gasteiger partial charge in [0.2, 0.25) is 5.95 Å². The Hall–Kier alpha value is -2.67. The van der Waals surface area contributed by atoms with Crippen molar-refractivity contribution in [3.8, 4) is 0 Å². The summed E-state index contributed by atoms with van der Waals surface area (Å²) in [4.78, 5) is 8.59. The topological polar surface area (TPSA) is 107 Å². The lowest BCUT2D eigenvalue weighted by atomic mass is 10.3. The smallest absolute Gasteiger partial charge is 0.247 e. The first-order valence-corrected chi connectivity index (χ1v) is 6.30. The zero-order chi connectivity index (χ0) is 13.9. The first kappa shape index (κ1) is 12.4. The van der Waals surface area contributed by atoms with Gasteiger partial charge in [0.25, 0.3) is 0 Å². The van der Waals surface area contributed by atoms with Crippen LogP contribution in [-0.4, -0.2) is 26.1 Å². The standard InChI is InChI=1S/C13H15N7/c14-7-6-10-8-20-12(11(15)16-10)18-13(19-20)17-9-4-2-1-3-5-9/h1-5,8H,6-7,14H2,(H2,15,16)(H,17,19). The molecule has 7 heteroatoms. The van der Waals surface area contributed by atoms with Crippen molar-refractivity contribution in [2.45, 2.75) is 6.42 Å². The molecule has 1 aromatic carbocycles. The first-order chi connectivity index (χ1) is 9.76. The number of rotatable bonds is 4. The predicted molar refractivity (Wildman–Crippen MR) is 77.7 cm³/mol. The average Bonchev–Trinajstić information content (AvgIpc) is 2.83. The highest BCUT2D eigenvalue weighted by molar-refractivity contribution is 5.63. The SMILES string of the molecule is NCCc1cn2nc(Nc3ccccc3)nc2c(N)n1. The normalized spacial score (nSPS) is 10.8. The number of nitrogens with zero attached hydrogens (tertiary/aromatic N) is 4. The average molecular weight is 269 g/mol. The quantitative estimate of drug-likeness (QED) is 0.651. The van der Waals surface area contributed by atoms with E-state index >= 15 is 0 Å². The zero-order valence-corrected chi connectivity index (χ0v) is 10.8. The summed E-state index contributed by atoms with van der Waals surface area (Å²) in [5.74, 6) is 0.833. The summed E-state index contributed by atoms with van der Waals surface area (Å²) in [6, 6.07) is 9.70. The Balaban J connectivity index is 1.96. The number of nitrogens with one attached hydrogen (secondary N) is 1. The Morgan fingerprint density at radius 2 is 1.95 bits per heavy atom. The molecule has 0 atom stereocenters. The molecule has 0 aliphatic rings. The summed E-state index contributed by atoms with van der Waals surface area (Å²) < 4.78 is 1.62. The molecule has 0 saturated heterocycles. The maximum absolute atomic E-state index is 5.89. The Bertz CT molecular complexity index is 720. The molecule has 102 valence electrons. The Kier molecular flexibility index (Phi) is 3.18. The van der Waals surface area contributed by atoms with Gasteiger partial charge in [-0.25, -0.2) is 9.50 Å². The van der Waals surface area contributed by atoms with Gasteiger partial charge < -0.3 is 16.8 Å². The number of hydrogen-bond donors (Lipinski definition) is 3. The third-order valence-electron chi connectivity index (χ3n) is 2.83. The van der Waals surface area contributed by atoms with Gasteiger partial charge in [0.15, 0.2) is 11.5 Å². The minimum Gasteiger partial charge on any atom is -0.381 e. The molecule has 7 nitrogen and oxygen atoms in total. The van der Waals surface area contributed by atoms with Crippen LogP contribution in [0.2, 0.25) is 0 Å². The second-order valence-corrected chi connectivity index (χ2v) is 4.35. The molecular weight excluding hydrogens is 254 g/mol. The summed E-state index contributed by atoms with van der Waals surface area (Å²) in [5, 5.41) is 7.47. The molecule has 0 unspecified atom stereocenters. The van der Waals surface area contributed by atoms with Gasteiger partial charge in [0, 0.05) is 12.1 Å². The fourth-order valence-electron chi connectivity index (χ4n) is 1.93. The van der Waals surface area contributed by atoms with Gasteiger partial charge in [-0.3, -0.25) is 0 Å². The van der Waals surface area contributed by atoms with Gasteiger partial charge in [-0.1, -0.05) is 18.2 Å². The van der Waals surface area contributed by atoms with Crippen LogP contribution in [-0.2, 0) is 6.42 Å². The van der Waals surface area contributed by atoms with Gasteiger partial charge in [-0.05, 0) is 18.7 Å². The van der Waals surface area contributed by atoms with Crippen LogP contribution >= 0.6 is 0 Å². The molecule has 2 aromatic heterocycles. The maximum atomic E-state index is 5.89. The van der Waals surface area contributed by atoms with Crippen LogP contribution in [0.1, 0.15) is 5.69 Å². The lowest BCUT2D eigenvalue weighted by molar-refractivity contribution is 0.870. The zero-order valence-electron chi connectivity index (χ0n) is 10.8. The number of para-hydroxylation sites is 1. The van der Waals surface area contributed by atoms with Crippen LogP contribution in [0.4, 0.5) is 17.5 Å². The molecule has 5 N–H and O–H groups in total. The second-order valence-electron chi connectivity index (χ2n) is 4.35. The van der Waals surface area contributed by atoms with E-state index in [1.54, 1.807) is 10.7 Å². The van der Waals surface area contributed by atoms with Crippen LogP contribution < -0.4 is 16.8 Å². The van der Waals surface area contributed by atoms with E-state index in [-0.39, 0.29) is 0 Å². The summed E-state index contributed by atoms with van der Waals surface area (Å²) in [5.41, 5.74) is 13.7. The van der Waals surface area contributed by atoms with Crippen molar-refractivity contribution in [2.24, 2.45) is 5.73 Å². The van der Waals surface area contributed by atoms with Crippen molar-refractivity contribution in [3.05, 3.63) is 42.2 Å². The molecular formula is C13H15N7. The van der Waals surface area contributed by atoms with Gasteiger partial charge in [0.1, 0.15) is 0 Å². The van der Waals surface area contributed by atoms with Crippen LogP contribution in [0.25, 0.3) is 5.65 Å². The van der Waals surface area contributed by atoms with Crippen molar-refractivity contribution < 1.29 is 0 Å². The van der Waals surface area contributed by atoms with E-state index in [0.717, 1.165) is 11.4 Å². The van der Waals surface area contributed by atoms with Crippen LogP contribution in [0, 0.1) is 0 Å². The molecule has 0 aliphatic carbocycles. The molecule has 0 saturated carbocycles. The first-order valence-electron chi connectivity index (χ1n) is 6.30. The van der Waals surface area contributed by atoms with Crippen LogP contribution in [0.3, 0.4) is 0 Å². The minimum atomic E-state index is 0.351. The van der Waals surface area contributed by atoms with Crippen molar-refractivity contribution >= 4 is 23.1 Å². The van der Waals surface area contributed by atoms with E-state index in [9.17, 15) is 0 Å². The molecule has 0 radical (unpaired) electrons. The maximum Gasteiger partial charge on any atom is 0.247 e. The number of aromatic nitrogens is 4. The largest absolute Gasteiger partial charge is 0.381 e. The highest BCUT2D eigenvalue weighted by Gasteiger charge is 2.09. The lowest BCUT2D eigenvalue weighted by Gasteiger charge is -2.00. The summed E-state index contributed by atoms with van der Waals surface area (Å²) in [6.07, 6.45) is 2.45. The molecule has 20 heavy (non-hydrogen) atoms. The van der Waals surface area contributed by atoms with Crippen LogP contribution in [0.5, 0.6) is 0 Å². The Morgan fingerprint density at radius 1 is 1.15 bits per heavy atom. The minimum absolute atomic E-state index is 0.351. The summed E-state index contributed by atoms with van der Waals surface area (Å²) >= 11 is 0. The van der Waals surface area contributed by atoms with E-state index < -0.39 is 0 Å². The highest BCUT2D eigenvalue weighted by Crippen LogP contribution is 2.16. The van der Waals surface area contributed by atoms with E-state index in [1.807, 2.05) is 30.3 Å². The van der Waals surface area contributed by atoms with E-state index in [1.165, 1.54) is 0 Å². The third-order valence-corrected chi connectivity index (χ3v) is 2.83. The van der Waals surface area contributed by atoms with Crippen molar-refractivity contribution in [3.63, 3.8) is 0 Å². The summed E-state index contributed by atoms with van der Waals surface area (Å²) in [7, 11) is 0. The van der Waals surface area contributed by atoms with Gasteiger partial charge in [0.05, 0.1) is 11.9 Å². The van der Waals surface area contributed by atoms with E-state index in [2.05, 4.69) is 20.4 Å². The number of fused-ring (bicyclic) bond motifs is 1. The van der Waals surface area contributed by atoms with E-state index in [4.69, 9.17) is 11.5 Å². The van der Waals surface area contributed by atoms with Crippen LogP contribution in [0.15, 0.2) is 36.5 Å². The second kappa shape index (κ2) is 5.14. The fourth-order valence-corrected chi connectivity index (χ4v) is 1.93. The molecule has 0 amide bonds. The van der Waals surface area contributed by atoms with Crippen molar-refractivity contribution in [1.82, 2.24) is 19.6 Å². The number of nitrogen functional groups attached to an aromatic ring is 1. The van der Waals surface area contributed by atoms with Gasteiger partial charge in [-0.2, -0.15) is 4.98 Å². The van der Waals surface area contributed by atoms with Gasteiger partial charge in [-0.15, -0.1) is 5.10 Å². The van der Waals surface area contributed by atoms with E-state index in [0.29, 0.717) is 30.4 Å². The number of nitrogens with two attached hydrogens (primary N) is 2. The highest BCUT2D eigenvalue weighted by atomic mass is 15.4. The molecule has 0 fully saturated rings.